The molecule has 0 N–H and O–H groups in total. The molecule has 8 heteroatoms. The first-order valence-electron chi connectivity index (χ1n) is 10.2. The first kappa shape index (κ1) is 19.0. The van der Waals surface area contributed by atoms with Gasteiger partial charge in [-0.05, 0) is 44.4 Å². The summed E-state index contributed by atoms with van der Waals surface area (Å²) in [6.07, 6.45) is 4.38. The van der Waals surface area contributed by atoms with Crippen LogP contribution >= 0.6 is 0 Å². The molecule has 152 valence electrons. The molecule has 1 aliphatic carbocycles. The minimum atomic E-state index is -0.816. The van der Waals surface area contributed by atoms with E-state index < -0.39 is 5.54 Å². The second-order valence-electron chi connectivity index (χ2n) is 8.74. The molecule has 0 bridgehead atoms. The molecule has 28 heavy (non-hydrogen) atoms. The van der Waals surface area contributed by atoms with Gasteiger partial charge in [-0.25, -0.2) is 9.78 Å². The van der Waals surface area contributed by atoms with Gasteiger partial charge in [-0.15, -0.1) is 0 Å². The quantitative estimate of drug-likeness (QED) is 0.722. The second kappa shape index (κ2) is 6.90. The Balaban J connectivity index is 1.53. The summed E-state index contributed by atoms with van der Waals surface area (Å²) in [6.45, 7) is 7.78. The molecule has 4 rings (SSSR count). The van der Waals surface area contributed by atoms with Crippen LogP contribution in [0.15, 0.2) is 10.8 Å². The second-order valence-corrected chi connectivity index (χ2v) is 8.74. The van der Waals surface area contributed by atoms with Crippen molar-refractivity contribution in [1.29, 1.82) is 0 Å². The van der Waals surface area contributed by atoms with Crippen LogP contribution in [0, 0.1) is 18.8 Å². The Morgan fingerprint density at radius 3 is 2.50 bits per heavy atom. The number of aryl methyl sites for hydroxylation is 1. The zero-order chi connectivity index (χ0) is 20.1. The van der Waals surface area contributed by atoms with E-state index in [1.807, 2.05) is 0 Å². The van der Waals surface area contributed by atoms with Gasteiger partial charge in [-0.1, -0.05) is 13.8 Å². The van der Waals surface area contributed by atoms with Gasteiger partial charge in [0, 0.05) is 26.2 Å². The lowest BCUT2D eigenvalue weighted by Crippen LogP contribution is -2.58. The molecule has 3 fully saturated rings. The molecular weight excluding hydrogens is 360 g/mol. The summed E-state index contributed by atoms with van der Waals surface area (Å²) in [5.41, 5.74) is -0.252. The van der Waals surface area contributed by atoms with Crippen molar-refractivity contribution < 1.29 is 18.8 Å². The predicted molar refractivity (Wildman–Crippen MR) is 100 cm³/mol. The van der Waals surface area contributed by atoms with Crippen molar-refractivity contribution in [2.45, 2.75) is 52.0 Å². The number of oxazole rings is 1. The van der Waals surface area contributed by atoms with Crippen LogP contribution in [0.2, 0.25) is 0 Å². The van der Waals surface area contributed by atoms with Crippen molar-refractivity contribution in [2.24, 2.45) is 11.8 Å². The molecule has 2 aliphatic heterocycles. The molecule has 3 heterocycles. The Hall–Kier alpha value is -2.38. The maximum Gasteiger partial charge on any atom is 0.327 e. The molecule has 3 aliphatic rings. The maximum atomic E-state index is 13.3. The number of hydrogen-bond donors (Lipinski definition) is 0. The minimum Gasteiger partial charge on any atom is -0.438 e. The first-order valence-corrected chi connectivity index (χ1v) is 10.2. The molecule has 4 amide bonds. The molecule has 0 unspecified atom stereocenters. The van der Waals surface area contributed by atoms with Gasteiger partial charge in [0.2, 0.25) is 5.76 Å². The monoisotopic (exact) mass is 388 g/mol. The highest BCUT2D eigenvalue weighted by molar-refractivity contribution is 6.07. The molecular formula is C20H28N4O4. The highest BCUT2D eigenvalue weighted by atomic mass is 16.3. The van der Waals surface area contributed by atoms with E-state index in [0.717, 1.165) is 12.8 Å². The fourth-order valence-electron chi connectivity index (χ4n) is 4.33. The number of likely N-dealkylation sites (tertiary alicyclic amines) is 1. The van der Waals surface area contributed by atoms with E-state index >= 15 is 0 Å². The van der Waals surface area contributed by atoms with Gasteiger partial charge in [-0.3, -0.25) is 14.5 Å². The fraction of sp³-hybridized carbons (Fsp3) is 0.700. The van der Waals surface area contributed by atoms with Crippen LogP contribution in [0.5, 0.6) is 0 Å². The molecule has 0 radical (unpaired) electrons. The van der Waals surface area contributed by atoms with Crippen molar-refractivity contribution in [3.8, 4) is 0 Å². The fourth-order valence-corrected chi connectivity index (χ4v) is 4.33. The SMILES string of the molecule is Cc1ncoc1C(=O)N1CCC2(CC1)C(=O)N(CC1CC1)C(=O)N2CC(C)C. The van der Waals surface area contributed by atoms with E-state index in [4.69, 9.17) is 4.42 Å². The molecule has 1 saturated carbocycles. The summed E-state index contributed by atoms with van der Waals surface area (Å²) in [5.74, 6) is 0.699. The van der Waals surface area contributed by atoms with Crippen molar-refractivity contribution in [3.05, 3.63) is 17.8 Å². The third kappa shape index (κ3) is 3.08. The lowest BCUT2D eigenvalue weighted by Gasteiger charge is -2.42. The molecule has 1 spiro atoms. The zero-order valence-corrected chi connectivity index (χ0v) is 16.8. The number of nitrogens with zero attached hydrogens (tertiary/aromatic N) is 4. The third-order valence-electron chi connectivity index (χ3n) is 6.12. The summed E-state index contributed by atoms with van der Waals surface area (Å²) < 4.78 is 5.23. The molecule has 1 aromatic heterocycles. The van der Waals surface area contributed by atoms with Crippen LogP contribution in [0.4, 0.5) is 4.79 Å². The average molecular weight is 388 g/mol. The number of hydrogen-bond acceptors (Lipinski definition) is 5. The third-order valence-corrected chi connectivity index (χ3v) is 6.12. The number of urea groups is 1. The molecule has 0 aromatic carbocycles. The van der Waals surface area contributed by atoms with Gasteiger partial charge in [0.15, 0.2) is 6.39 Å². The van der Waals surface area contributed by atoms with E-state index in [1.165, 1.54) is 11.3 Å². The van der Waals surface area contributed by atoms with Gasteiger partial charge in [0.05, 0.1) is 5.69 Å². The van der Waals surface area contributed by atoms with E-state index in [1.54, 1.807) is 16.7 Å². The molecule has 8 nitrogen and oxygen atoms in total. The first-order chi connectivity index (χ1) is 13.3. The summed E-state index contributed by atoms with van der Waals surface area (Å²) in [4.78, 5) is 48.1. The number of piperidine rings is 1. The van der Waals surface area contributed by atoms with E-state index in [9.17, 15) is 14.4 Å². The van der Waals surface area contributed by atoms with Crippen molar-refractivity contribution in [3.63, 3.8) is 0 Å². The van der Waals surface area contributed by atoms with Gasteiger partial charge in [0.1, 0.15) is 5.54 Å². The van der Waals surface area contributed by atoms with Gasteiger partial charge >= 0.3 is 6.03 Å². The van der Waals surface area contributed by atoms with E-state index in [0.29, 0.717) is 50.6 Å². The largest absolute Gasteiger partial charge is 0.438 e. The number of carbonyl (C=O) groups is 3. The lowest BCUT2D eigenvalue weighted by atomic mass is 9.85. The number of amides is 4. The van der Waals surface area contributed by atoms with Crippen LogP contribution < -0.4 is 0 Å². The van der Waals surface area contributed by atoms with E-state index in [2.05, 4.69) is 18.8 Å². The van der Waals surface area contributed by atoms with Crippen molar-refractivity contribution >= 4 is 17.8 Å². The smallest absolute Gasteiger partial charge is 0.327 e. The highest BCUT2D eigenvalue weighted by Gasteiger charge is 2.58. The zero-order valence-electron chi connectivity index (χ0n) is 16.8. The van der Waals surface area contributed by atoms with E-state index in [-0.39, 0.29) is 29.5 Å². The molecule has 2 saturated heterocycles. The van der Waals surface area contributed by atoms with Gasteiger partial charge < -0.3 is 14.2 Å². The topological polar surface area (TPSA) is 87.0 Å². The van der Waals surface area contributed by atoms with Crippen LogP contribution in [-0.4, -0.2) is 69.2 Å². The van der Waals surface area contributed by atoms with Gasteiger partial charge in [-0.2, -0.15) is 0 Å². The standard InChI is InChI=1S/C20H28N4O4/c1-13(2)10-24-19(27)23(11-15-4-5-15)18(26)20(24)6-8-22(9-7-20)17(25)16-14(3)21-12-28-16/h12-13,15H,4-11H2,1-3H3. The Labute approximate surface area is 164 Å². The average Bonchev–Trinajstić information content (AvgIpc) is 3.37. The number of aromatic nitrogens is 1. The Bertz CT molecular complexity index is 790. The Morgan fingerprint density at radius 2 is 1.96 bits per heavy atom. The normalized spacial score (nSPS) is 22.1. The van der Waals surface area contributed by atoms with Crippen LogP contribution in [0.25, 0.3) is 0 Å². The minimum absolute atomic E-state index is 0.0759. The van der Waals surface area contributed by atoms with Crippen LogP contribution in [0.3, 0.4) is 0 Å². The molecule has 0 atom stereocenters. The van der Waals surface area contributed by atoms with Crippen molar-refractivity contribution in [2.75, 3.05) is 26.2 Å². The lowest BCUT2D eigenvalue weighted by molar-refractivity contribution is -0.135. The molecule has 1 aromatic rings. The van der Waals surface area contributed by atoms with Crippen molar-refractivity contribution in [1.82, 2.24) is 19.7 Å². The summed E-state index contributed by atoms with van der Waals surface area (Å²) in [6, 6.07) is -0.156. The van der Waals surface area contributed by atoms with Crippen LogP contribution in [-0.2, 0) is 4.79 Å². The summed E-state index contributed by atoms with van der Waals surface area (Å²) in [7, 11) is 0. The summed E-state index contributed by atoms with van der Waals surface area (Å²) >= 11 is 0. The Kier molecular flexibility index (Phi) is 4.67. The Morgan fingerprint density at radius 1 is 1.29 bits per heavy atom. The number of rotatable bonds is 5. The van der Waals surface area contributed by atoms with Crippen LogP contribution in [0.1, 0.15) is 55.8 Å². The van der Waals surface area contributed by atoms with Gasteiger partial charge in [0.25, 0.3) is 11.8 Å². The predicted octanol–water partition coefficient (Wildman–Crippen LogP) is 2.29. The number of carbonyl (C=O) groups excluding carboxylic acids is 3. The highest BCUT2D eigenvalue weighted by Crippen LogP contribution is 2.40. The summed E-state index contributed by atoms with van der Waals surface area (Å²) in [5, 5.41) is 0. The number of imide groups is 1. The maximum absolute atomic E-state index is 13.3.